The van der Waals surface area contributed by atoms with Gasteiger partial charge >= 0.3 is 0 Å². The van der Waals surface area contributed by atoms with Gasteiger partial charge in [0.1, 0.15) is 11.6 Å². The lowest BCUT2D eigenvalue weighted by molar-refractivity contribution is -0.127. The summed E-state index contributed by atoms with van der Waals surface area (Å²) in [6.45, 7) is 6.70. The van der Waals surface area contributed by atoms with Crippen LogP contribution in [0.4, 0.5) is 4.39 Å². The fourth-order valence-corrected chi connectivity index (χ4v) is 2.10. The summed E-state index contributed by atoms with van der Waals surface area (Å²) < 4.78 is 18.3. The Morgan fingerprint density at radius 1 is 1.29 bits per heavy atom. The summed E-state index contributed by atoms with van der Waals surface area (Å²) in [4.78, 5) is 12.0. The van der Waals surface area contributed by atoms with Gasteiger partial charge in [-0.3, -0.25) is 4.79 Å². The number of unbranched alkanes of at least 4 members (excludes halogenated alkanes) is 1. The first kappa shape index (κ1) is 17.5. The summed E-state index contributed by atoms with van der Waals surface area (Å²) in [5, 5.41) is 2.94. The number of carbonyl (C=O) groups excluding carboxylic acids is 1. The lowest BCUT2D eigenvalue weighted by atomic mass is 9.99. The molecule has 1 N–H and O–H groups in total. The second kappa shape index (κ2) is 9.37. The van der Waals surface area contributed by atoms with Gasteiger partial charge < -0.3 is 10.1 Å². The molecule has 0 unspecified atom stereocenters. The van der Waals surface area contributed by atoms with Crippen molar-refractivity contribution in [2.75, 3.05) is 6.54 Å². The molecule has 0 aliphatic rings. The Bertz CT molecular complexity index is 419. The number of halogens is 1. The molecule has 0 aliphatic carbocycles. The van der Waals surface area contributed by atoms with Crippen LogP contribution < -0.4 is 10.1 Å². The lowest BCUT2D eigenvalue weighted by Gasteiger charge is -2.18. The van der Waals surface area contributed by atoms with E-state index < -0.39 is 6.10 Å². The maximum Gasteiger partial charge on any atom is 0.260 e. The van der Waals surface area contributed by atoms with Crippen molar-refractivity contribution in [2.45, 2.75) is 52.6 Å². The van der Waals surface area contributed by atoms with Gasteiger partial charge in [-0.1, -0.05) is 33.1 Å². The molecule has 0 fully saturated rings. The fourth-order valence-electron chi connectivity index (χ4n) is 2.10. The Balaban J connectivity index is 2.38. The molecule has 0 radical (unpaired) electrons. The van der Waals surface area contributed by atoms with Crippen LogP contribution in [0.1, 0.15) is 46.5 Å². The maximum atomic E-state index is 12.8. The number of amides is 1. The number of rotatable bonds is 9. The summed E-state index contributed by atoms with van der Waals surface area (Å²) >= 11 is 0. The van der Waals surface area contributed by atoms with E-state index in [4.69, 9.17) is 4.74 Å². The molecule has 118 valence electrons. The first-order valence-electron chi connectivity index (χ1n) is 7.76. The first-order chi connectivity index (χ1) is 10.1. The Morgan fingerprint density at radius 3 is 2.52 bits per heavy atom. The molecule has 1 aromatic carbocycles. The molecule has 0 heterocycles. The third-order valence-corrected chi connectivity index (χ3v) is 3.60. The smallest absolute Gasteiger partial charge is 0.260 e. The molecular weight excluding hydrogens is 269 g/mol. The zero-order chi connectivity index (χ0) is 15.7. The van der Waals surface area contributed by atoms with Crippen LogP contribution in [0.5, 0.6) is 5.75 Å². The Labute approximate surface area is 126 Å². The molecule has 0 saturated carbocycles. The van der Waals surface area contributed by atoms with Crippen molar-refractivity contribution in [3.63, 3.8) is 0 Å². The van der Waals surface area contributed by atoms with E-state index in [1.165, 1.54) is 37.1 Å². The third kappa shape index (κ3) is 6.61. The van der Waals surface area contributed by atoms with Crippen molar-refractivity contribution in [1.29, 1.82) is 0 Å². The molecule has 1 rings (SSSR count). The van der Waals surface area contributed by atoms with Crippen molar-refractivity contribution in [3.8, 4) is 5.75 Å². The van der Waals surface area contributed by atoms with Crippen LogP contribution >= 0.6 is 0 Å². The molecule has 2 atom stereocenters. The highest BCUT2D eigenvalue weighted by molar-refractivity contribution is 5.80. The average molecular weight is 295 g/mol. The van der Waals surface area contributed by atoms with Gasteiger partial charge in [0.05, 0.1) is 0 Å². The monoisotopic (exact) mass is 295 g/mol. The van der Waals surface area contributed by atoms with Crippen LogP contribution in [-0.4, -0.2) is 18.6 Å². The Hall–Kier alpha value is -1.58. The minimum Gasteiger partial charge on any atom is -0.481 e. The molecule has 0 aliphatic heterocycles. The van der Waals surface area contributed by atoms with E-state index in [-0.39, 0.29) is 11.7 Å². The number of benzene rings is 1. The summed E-state index contributed by atoms with van der Waals surface area (Å²) in [7, 11) is 0. The average Bonchev–Trinajstić information content (AvgIpc) is 2.49. The molecule has 3 nitrogen and oxygen atoms in total. The zero-order valence-corrected chi connectivity index (χ0v) is 13.2. The van der Waals surface area contributed by atoms with Gasteiger partial charge in [0.2, 0.25) is 0 Å². The minimum atomic E-state index is -0.584. The van der Waals surface area contributed by atoms with E-state index in [0.29, 0.717) is 18.2 Å². The molecule has 0 spiro atoms. The quantitative estimate of drug-likeness (QED) is 0.749. The number of hydrogen-bond donors (Lipinski definition) is 1. The highest BCUT2D eigenvalue weighted by Crippen LogP contribution is 2.14. The largest absolute Gasteiger partial charge is 0.481 e. The van der Waals surface area contributed by atoms with Crippen molar-refractivity contribution in [3.05, 3.63) is 30.1 Å². The van der Waals surface area contributed by atoms with E-state index >= 15 is 0 Å². The number of nitrogens with one attached hydrogen (secondary N) is 1. The van der Waals surface area contributed by atoms with Gasteiger partial charge in [0.25, 0.3) is 5.91 Å². The predicted molar refractivity (Wildman–Crippen MR) is 82.8 cm³/mol. The SMILES string of the molecule is CCCC[C@@H](CC)CNC(=O)[C@H](C)Oc1ccc(F)cc1. The van der Waals surface area contributed by atoms with Crippen LogP contribution in [0.15, 0.2) is 24.3 Å². The van der Waals surface area contributed by atoms with E-state index in [0.717, 1.165) is 12.8 Å². The maximum absolute atomic E-state index is 12.8. The van der Waals surface area contributed by atoms with Gasteiger partial charge in [-0.15, -0.1) is 0 Å². The van der Waals surface area contributed by atoms with Crippen molar-refractivity contribution in [1.82, 2.24) is 5.32 Å². The standard InChI is InChI=1S/C17H26FNO2/c1-4-6-7-14(5-2)12-19-17(20)13(3)21-16-10-8-15(18)9-11-16/h8-11,13-14H,4-7,12H2,1-3H3,(H,19,20)/t13-,14+/m0/s1. The third-order valence-electron chi connectivity index (χ3n) is 3.60. The Morgan fingerprint density at radius 2 is 1.95 bits per heavy atom. The summed E-state index contributed by atoms with van der Waals surface area (Å²) in [5.74, 6) is 0.569. The molecule has 4 heteroatoms. The first-order valence-corrected chi connectivity index (χ1v) is 7.76. The van der Waals surface area contributed by atoms with Crippen LogP contribution in [0.3, 0.4) is 0 Å². The second-order valence-corrected chi connectivity index (χ2v) is 5.38. The van der Waals surface area contributed by atoms with Crippen molar-refractivity contribution < 1.29 is 13.9 Å². The van der Waals surface area contributed by atoms with Crippen LogP contribution in [-0.2, 0) is 4.79 Å². The van der Waals surface area contributed by atoms with Gasteiger partial charge in [0.15, 0.2) is 6.10 Å². The van der Waals surface area contributed by atoms with E-state index in [1.807, 2.05) is 0 Å². The van der Waals surface area contributed by atoms with Gasteiger partial charge in [-0.25, -0.2) is 4.39 Å². The highest BCUT2D eigenvalue weighted by atomic mass is 19.1. The van der Waals surface area contributed by atoms with Gasteiger partial charge in [-0.2, -0.15) is 0 Å². The number of carbonyl (C=O) groups is 1. The zero-order valence-electron chi connectivity index (χ0n) is 13.2. The molecule has 1 aromatic rings. The molecule has 0 aromatic heterocycles. The van der Waals surface area contributed by atoms with Crippen LogP contribution in [0.2, 0.25) is 0 Å². The molecule has 0 saturated heterocycles. The second-order valence-electron chi connectivity index (χ2n) is 5.38. The summed E-state index contributed by atoms with van der Waals surface area (Å²) in [6, 6.07) is 5.68. The molecule has 21 heavy (non-hydrogen) atoms. The van der Waals surface area contributed by atoms with Crippen molar-refractivity contribution in [2.24, 2.45) is 5.92 Å². The van der Waals surface area contributed by atoms with Crippen LogP contribution in [0.25, 0.3) is 0 Å². The van der Waals surface area contributed by atoms with Gasteiger partial charge in [0, 0.05) is 6.54 Å². The highest BCUT2D eigenvalue weighted by Gasteiger charge is 2.16. The lowest BCUT2D eigenvalue weighted by Crippen LogP contribution is -2.38. The van der Waals surface area contributed by atoms with E-state index in [1.54, 1.807) is 6.92 Å². The number of ether oxygens (including phenoxy) is 1. The number of hydrogen-bond acceptors (Lipinski definition) is 2. The predicted octanol–water partition coefficient (Wildman–Crippen LogP) is 3.93. The van der Waals surface area contributed by atoms with Gasteiger partial charge in [-0.05, 0) is 43.5 Å². The molecule has 0 bridgehead atoms. The molecular formula is C17H26FNO2. The summed E-state index contributed by atoms with van der Waals surface area (Å²) in [5.41, 5.74) is 0. The van der Waals surface area contributed by atoms with Crippen molar-refractivity contribution >= 4 is 5.91 Å². The molecule has 1 amide bonds. The minimum absolute atomic E-state index is 0.130. The summed E-state index contributed by atoms with van der Waals surface area (Å²) in [6.07, 6.45) is 3.98. The topological polar surface area (TPSA) is 38.3 Å². The van der Waals surface area contributed by atoms with E-state index in [9.17, 15) is 9.18 Å². The Kier molecular flexibility index (Phi) is 7.80. The van der Waals surface area contributed by atoms with Crippen LogP contribution in [0, 0.1) is 11.7 Å². The normalized spacial score (nSPS) is 13.5. The van der Waals surface area contributed by atoms with E-state index in [2.05, 4.69) is 19.2 Å². The fraction of sp³-hybridized carbons (Fsp3) is 0.588.